The summed E-state index contributed by atoms with van der Waals surface area (Å²) in [5, 5.41) is 22.7. The number of rotatable bonds is 8. The van der Waals surface area contributed by atoms with Gasteiger partial charge in [0.2, 0.25) is 5.91 Å². The predicted molar refractivity (Wildman–Crippen MR) is 79.1 cm³/mol. The second kappa shape index (κ2) is 7.20. The van der Waals surface area contributed by atoms with Gasteiger partial charge in [-0.05, 0) is 24.3 Å². The number of amides is 1. The van der Waals surface area contributed by atoms with Gasteiger partial charge in [0.05, 0.1) is 12.0 Å². The van der Waals surface area contributed by atoms with Crippen molar-refractivity contribution >= 4 is 28.2 Å². The first kappa shape index (κ1) is 15.5. The number of hydrogen-bond acceptors (Lipinski definition) is 5. The number of hydrogen-bond donors (Lipinski definition) is 2. The number of nitriles is 1. The first-order valence-electron chi connectivity index (χ1n) is 6.83. The number of carbonyl (C=O) groups excluding carboxylic acids is 1. The van der Waals surface area contributed by atoms with Crippen molar-refractivity contribution < 1.29 is 14.7 Å². The molecule has 1 aromatic heterocycles. The van der Waals surface area contributed by atoms with E-state index in [1.807, 2.05) is 6.07 Å². The van der Waals surface area contributed by atoms with E-state index in [0.29, 0.717) is 36.1 Å². The molecule has 1 aliphatic carbocycles. The van der Waals surface area contributed by atoms with Crippen molar-refractivity contribution in [2.75, 3.05) is 18.4 Å². The Morgan fingerprint density at radius 3 is 2.76 bits per heavy atom. The SMILES string of the molecule is N#Cc1ccsc1NC(=O)CCN(CCC(=O)O)C1CC1. The lowest BCUT2D eigenvalue weighted by atomic mass is 10.3. The van der Waals surface area contributed by atoms with E-state index >= 15 is 0 Å². The van der Waals surface area contributed by atoms with Crippen molar-refractivity contribution in [3.05, 3.63) is 17.0 Å². The number of carboxylic acid groups (broad SMARTS) is 1. The Morgan fingerprint density at radius 2 is 2.14 bits per heavy atom. The van der Waals surface area contributed by atoms with Crippen LogP contribution in [0.2, 0.25) is 0 Å². The molecule has 112 valence electrons. The van der Waals surface area contributed by atoms with Crippen LogP contribution in [0.25, 0.3) is 0 Å². The van der Waals surface area contributed by atoms with E-state index < -0.39 is 5.97 Å². The number of nitrogens with zero attached hydrogens (tertiary/aromatic N) is 2. The lowest BCUT2D eigenvalue weighted by molar-refractivity contribution is -0.137. The standard InChI is InChI=1S/C14H17N3O3S/c15-9-10-5-8-21-14(10)16-12(18)3-6-17(11-1-2-11)7-4-13(19)20/h5,8,11H,1-4,6-7H2,(H,16,18)(H,19,20). The molecule has 0 atom stereocenters. The first-order chi connectivity index (χ1) is 10.1. The van der Waals surface area contributed by atoms with Crippen LogP contribution in [0.3, 0.4) is 0 Å². The summed E-state index contributed by atoms with van der Waals surface area (Å²) in [5.74, 6) is -0.961. The zero-order chi connectivity index (χ0) is 15.2. The maximum Gasteiger partial charge on any atom is 0.304 e. The van der Waals surface area contributed by atoms with E-state index in [0.717, 1.165) is 12.8 Å². The Balaban J connectivity index is 1.79. The van der Waals surface area contributed by atoms with Crippen LogP contribution < -0.4 is 5.32 Å². The van der Waals surface area contributed by atoms with Crippen LogP contribution in [0.5, 0.6) is 0 Å². The third kappa shape index (κ3) is 4.85. The molecule has 2 rings (SSSR count). The third-order valence-corrected chi connectivity index (χ3v) is 4.17. The number of nitrogens with one attached hydrogen (secondary N) is 1. The summed E-state index contributed by atoms with van der Waals surface area (Å²) in [7, 11) is 0. The molecule has 2 N–H and O–H groups in total. The highest BCUT2D eigenvalue weighted by Crippen LogP contribution is 2.27. The van der Waals surface area contributed by atoms with Crippen LogP contribution in [-0.2, 0) is 9.59 Å². The van der Waals surface area contributed by atoms with Gasteiger partial charge in [0.1, 0.15) is 11.1 Å². The van der Waals surface area contributed by atoms with Crippen molar-refractivity contribution in [3.63, 3.8) is 0 Å². The van der Waals surface area contributed by atoms with Crippen molar-refractivity contribution in [1.82, 2.24) is 4.90 Å². The van der Waals surface area contributed by atoms with Crippen molar-refractivity contribution in [2.24, 2.45) is 0 Å². The number of carboxylic acids is 1. The van der Waals surface area contributed by atoms with Crippen LogP contribution in [0.15, 0.2) is 11.4 Å². The molecule has 0 aliphatic heterocycles. The second-order valence-electron chi connectivity index (χ2n) is 4.98. The molecule has 6 nitrogen and oxygen atoms in total. The molecule has 0 bridgehead atoms. The lowest BCUT2D eigenvalue weighted by Gasteiger charge is -2.20. The molecule has 0 aromatic carbocycles. The second-order valence-corrected chi connectivity index (χ2v) is 5.90. The van der Waals surface area contributed by atoms with Gasteiger partial charge in [-0.15, -0.1) is 11.3 Å². The third-order valence-electron chi connectivity index (χ3n) is 3.34. The van der Waals surface area contributed by atoms with E-state index in [9.17, 15) is 9.59 Å². The van der Waals surface area contributed by atoms with Crippen LogP contribution in [0.4, 0.5) is 5.00 Å². The molecule has 1 aliphatic rings. The number of anilines is 1. The highest BCUT2D eigenvalue weighted by Gasteiger charge is 2.29. The van der Waals surface area contributed by atoms with Gasteiger partial charge in [-0.25, -0.2) is 0 Å². The minimum absolute atomic E-state index is 0.0988. The van der Waals surface area contributed by atoms with Gasteiger partial charge in [0.15, 0.2) is 0 Å². The van der Waals surface area contributed by atoms with E-state index in [2.05, 4.69) is 10.2 Å². The quantitative estimate of drug-likeness (QED) is 0.765. The smallest absolute Gasteiger partial charge is 0.304 e. The average Bonchev–Trinajstić information content (AvgIpc) is 3.18. The van der Waals surface area contributed by atoms with Gasteiger partial charge in [0, 0.05) is 25.6 Å². The summed E-state index contributed by atoms with van der Waals surface area (Å²) >= 11 is 1.32. The average molecular weight is 307 g/mol. The topological polar surface area (TPSA) is 93.4 Å². The summed E-state index contributed by atoms with van der Waals surface area (Å²) < 4.78 is 0. The monoisotopic (exact) mass is 307 g/mol. The number of carbonyl (C=O) groups is 2. The zero-order valence-electron chi connectivity index (χ0n) is 11.5. The van der Waals surface area contributed by atoms with Crippen molar-refractivity contribution in [2.45, 2.75) is 31.7 Å². The van der Waals surface area contributed by atoms with E-state index in [1.54, 1.807) is 11.4 Å². The van der Waals surface area contributed by atoms with Crippen LogP contribution in [0.1, 0.15) is 31.2 Å². The van der Waals surface area contributed by atoms with Crippen LogP contribution in [0, 0.1) is 11.3 Å². The van der Waals surface area contributed by atoms with E-state index in [-0.39, 0.29) is 12.3 Å². The molecule has 1 saturated carbocycles. The molecule has 0 radical (unpaired) electrons. The minimum atomic E-state index is -0.817. The Morgan fingerprint density at radius 1 is 1.43 bits per heavy atom. The van der Waals surface area contributed by atoms with E-state index in [1.165, 1.54) is 11.3 Å². The summed E-state index contributed by atoms with van der Waals surface area (Å²) in [5.41, 5.74) is 0.471. The molecule has 1 fully saturated rings. The normalized spacial score (nSPS) is 13.9. The highest BCUT2D eigenvalue weighted by molar-refractivity contribution is 7.14. The summed E-state index contributed by atoms with van der Waals surface area (Å²) in [4.78, 5) is 24.6. The van der Waals surface area contributed by atoms with Crippen LogP contribution in [-0.4, -0.2) is 41.0 Å². The Bertz CT molecular complexity index is 560. The van der Waals surface area contributed by atoms with Crippen LogP contribution >= 0.6 is 11.3 Å². The Hall–Kier alpha value is -1.91. The first-order valence-corrected chi connectivity index (χ1v) is 7.71. The molecule has 7 heteroatoms. The highest BCUT2D eigenvalue weighted by atomic mass is 32.1. The fourth-order valence-electron chi connectivity index (χ4n) is 2.08. The van der Waals surface area contributed by atoms with Gasteiger partial charge in [-0.3, -0.25) is 14.5 Å². The van der Waals surface area contributed by atoms with E-state index in [4.69, 9.17) is 10.4 Å². The largest absolute Gasteiger partial charge is 0.481 e. The molecular weight excluding hydrogens is 290 g/mol. The molecule has 21 heavy (non-hydrogen) atoms. The molecule has 1 aromatic rings. The molecule has 0 spiro atoms. The van der Waals surface area contributed by atoms with Gasteiger partial charge in [-0.1, -0.05) is 0 Å². The fourth-order valence-corrected chi connectivity index (χ4v) is 2.84. The molecule has 0 saturated heterocycles. The van der Waals surface area contributed by atoms with Gasteiger partial charge < -0.3 is 10.4 Å². The minimum Gasteiger partial charge on any atom is -0.481 e. The maximum atomic E-state index is 11.9. The summed E-state index contributed by atoms with van der Waals surface area (Å²) in [6.07, 6.45) is 2.55. The summed E-state index contributed by atoms with van der Waals surface area (Å²) in [6, 6.07) is 4.12. The predicted octanol–water partition coefficient (Wildman–Crippen LogP) is 1.89. The van der Waals surface area contributed by atoms with Crippen molar-refractivity contribution in [3.8, 4) is 6.07 Å². The van der Waals surface area contributed by atoms with Gasteiger partial charge in [0.25, 0.3) is 0 Å². The summed E-state index contributed by atoms with van der Waals surface area (Å²) in [6.45, 7) is 1.03. The molecular formula is C14H17N3O3S. The lowest BCUT2D eigenvalue weighted by Crippen LogP contribution is -2.31. The molecule has 0 unspecified atom stereocenters. The molecule has 1 heterocycles. The van der Waals surface area contributed by atoms with Gasteiger partial charge >= 0.3 is 5.97 Å². The number of thiophene rings is 1. The van der Waals surface area contributed by atoms with Crippen molar-refractivity contribution in [1.29, 1.82) is 5.26 Å². The van der Waals surface area contributed by atoms with Gasteiger partial charge in [-0.2, -0.15) is 5.26 Å². The zero-order valence-corrected chi connectivity index (χ0v) is 12.4. The number of aliphatic carboxylic acids is 1. The Labute approximate surface area is 127 Å². The fraction of sp³-hybridized carbons (Fsp3) is 0.500. The Kier molecular flexibility index (Phi) is 5.31. The maximum absolute atomic E-state index is 11.9. The molecule has 1 amide bonds.